The highest BCUT2D eigenvalue weighted by Gasteiger charge is 2.16. The zero-order chi connectivity index (χ0) is 13.7. The Morgan fingerprint density at radius 2 is 2.00 bits per heavy atom. The second-order valence-electron chi connectivity index (χ2n) is 4.29. The minimum absolute atomic E-state index is 0.370. The Labute approximate surface area is 117 Å². The zero-order valence-corrected chi connectivity index (χ0v) is 11.7. The minimum atomic E-state index is -0.564. The fourth-order valence-corrected chi connectivity index (χ4v) is 2.32. The number of carbonyl (C=O) groups excluding carboxylic acids is 1. The molecule has 0 aliphatic heterocycles. The summed E-state index contributed by atoms with van der Waals surface area (Å²) >= 11 is 1.67. The van der Waals surface area contributed by atoms with Gasteiger partial charge in [-0.2, -0.15) is 11.8 Å². The molecule has 4 heteroatoms. The molecule has 3 nitrogen and oxygen atoms in total. The number of nitrogens with two attached hydrogens (primary N) is 1. The minimum Gasteiger partial charge on any atom is -0.425 e. The fourth-order valence-electron chi connectivity index (χ4n) is 1.83. The Bertz CT molecular complexity index is 566. The summed E-state index contributed by atoms with van der Waals surface area (Å²) in [6, 6.07) is 12.9. The van der Waals surface area contributed by atoms with Crippen molar-refractivity contribution in [2.75, 3.05) is 12.0 Å². The quantitative estimate of drug-likeness (QED) is 0.673. The van der Waals surface area contributed by atoms with E-state index in [0.29, 0.717) is 12.2 Å². The molecule has 0 aromatic heterocycles. The SMILES string of the molecule is CSCCC(N)C(=O)Oc1cccc2ccccc12. The van der Waals surface area contributed by atoms with Crippen molar-refractivity contribution in [3.05, 3.63) is 42.5 Å². The van der Waals surface area contributed by atoms with Gasteiger partial charge in [-0.05, 0) is 29.9 Å². The third kappa shape index (κ3) is 3.49. The standard InChI is InChI=1S/C15H17NO2S/c1-19-10-9-13(16)15(17)18-14-8-4-6-11-5-2-3-7-12(11)14/h2-8,13H,9-10,16H2,1H3. The topological polar surface area (TPSA) is 52.3 Å². The van der Waals surface area contributed by atoms with Gasteiger partial charge in [-0.3, -0.25) is 0 Å². The van der Waals surface area contributed by atoms with Gasteiger partial charge >= 0.3 is 5.97 Å². The smallest absolute Gasteiger partial charge is 0.328 e. The van der Waals surface area contributed by atoms with Crippen LogP contribution >= 0.6 is 11.8 Å². The zero-order valence-electron chi connectivity index (χ0n) is 10.8. The molecule has 0 saturated carbocycles. The van der Waals surface area contributed by atoms with E-state index < -0.39 is 6.04 Å². The average Bonchev–Trinajstić information content (AvgIpc) is 2.45. The second-order valence-corrected chi connectivity index (χ2v) is 5.27. The van der Waals surface area contributed by atoms with Crippen molar-refractivity contribution in [3.8, 4) is 5.75 Å². The van der Waals surface area contributed by atoms with Crippen LogP contribution in [-0.2, 0) is 4.79 Å². The Morgan fingerprint density at radius 3 is 2.79 bits per heavy atom. The molecule has 0 spiro atoms. The van der Waals surface area contributed by atoms with E-state index in [0.717, 1.165) is 16.5 Å². The van der Waals surface area contributed by atoms with Gasteiger partial charge in [0.1, 0.15) is 11.8 Å². The van der Waals surface area contributed by atoms with Crippen molar-refractivity contribution in [3.63, 3.8) is 0 Å². The Balaban J connectivity index is 2.15. The molecule has 1 atom stereocenters. The molecule has 1 unspecified atom stereocenters. The maximum atomic E-state index is 11.9. The van der Waals surface area contributed by atoms with E-state index in [2.05, 4.69) is 0 Å². The van der Waals surface area contributed by atoms with Crippen LogP contribution in [0.3, 0.4) is 0 Å². The van der Waals surface area contributed by atoms with Crippen LogP contribution in [0.2, 0.25) is 0 Å². The highest BCUT2D eigenvalue weighted by atomic mass is 32.2. The van der Waals surface area contributed by atoms with E-state index in [4.69, 9.17) is 10.5 Å². The molecule has 2 N–H and O–H groups in total. The first kappa shape index (κ1) is 13.9. The molecule has 0 saturated heterocycles. The lowest BCUT2D eigenvalue weighted by atomic mass is 10.1. The highest BCUT2D eigenvalue weighted by molar-refractivity contribution is 7.98. The van der Waals surface area contributed by atoms with Crippen molar-refractivity contribution in [1.29, 1.82) is 0 Å². The molecule has 100 valence electrons. The maximum Gasteiger partial charge on any atom is 0.328 e. The number of hydrogen-bond donors (Lipinski definition) is 1. The van der Waals surface area contributed by atoms with Crippen molar-refractivity contribution >= 4 is 28.5 Å². The third-order valence-corrected chi connectivity index (χ3v) is 3.54. The summed E-state index contributed by atoms with van der Waals surface area (Å²) in [7, 11) is 0. The molecule has 2 aromatic carbocycles. The summed E-state index contributed by atoms with van der Waals surface area (Å²) in [6.07, 6.45) is 2.62. The largest absolute Gasteiger partial charge is 0.425 e. The number of carbonyl (C=O) groups is 1. The summed E-state index contributed by atoms with van der Waals surface area (Å²) in [4.78, 5) is 11.9. The van der Waals surface area contributed by atoms with Gasteiger partial charge in [0.2, 0.25) is 0 Å². The van der Waals surface area contributed by atoms with Gasteiger partial charge < -0.3 is 10.5 Å². The molecule has 0 bridgehead atoms. The monoisotopic (exact) mass is 275 g/mol. The second kappa shape index (κ2) is 6.59. The van der Waals surface area contributed by atoms with Crippen LogP contribution in [0.1, 0.15) is 6.42 Å². The van der Waals surface area contributed by atoms with E-state index in [9.17, 15) is 4.79 Å². The van der Waals surface area contributed by atoms with Crippen LogP contribution < -0.4 is 10.5 Å². The van der Waals surface area contributed by atoms with Crippen LogP contribution in [0, 0.1) is 0 Å². The molecule has 0 amide bonds. The Hall–Kier alpha value is -1.52. The summed E-state index contributed by atoms with van der Waals surface area (Å²) < 4.78 is 5.41. The summed E-state index contributed by atoms with van der Waals surface area (Å²) in [5, 5.41) is 1.97. The van der Waals surface area contributed by atoms with Crippen LogP contribution in [0.5, 0.6) is 5.75 Å². The number of thioether (sulfide) groups is 1. The van der Waals surface area contributed by atoms with E-state index in [1.54, 1.807) is 17.8 Å². The molecule has 0 aliphatic carbocycles. The number of rotatable bonds is 5. The number of hydrogen-bond acceptors (Lipinski definition) is 4. The molecule has 2 aromatic rings. The predicted octanol–water partition coefficient (Wildman–Crippen LogP) is 2.83. The van der Waals surface area contributed by atoms with Crippen molar-refractivity contribution < 1.29 is 9.53 Å². The van der Waals surface area contributed by atoms with Crippen LogP contribution in [0.25, 0.3) is 10.8 Å². The normalized spacial score (nSPS) is 12.3. The molecule has 0 fully saturated rings. The lowest BCUT2D eigenvalue weighted by molar-refractivity contribution is -0.135. The lowest BCUT2D eigenvalue weighted by Gasteiger charge is -2.12. The molecule has 2 rings (SSSR count). The molecule has 19 heavy (non-hydrogen) atoms. The summed E-state index contributed by atoms with van der Waals surface area (Å²) in [5.74, 6) is 1.05. The lowest BCUT2D eigenvalue weighted by Crippen LogP contribution is -2.34. The number of ether oxygens (including phenoxy) is 1. The van der Waals surface area contributed by atoms with E-state index >= 15 is 0 Å². The van der Waals surface area contributed by atoms with Gasteiger partial charge in [-0.15, -0.1) is 0 Å². The maximum absolute atomic E-state index is 11.9. The summed E-state index contributed by atoms with van der Waals surface area (Å²) in [5.41, 5.74) is 5.81. The Kier molecular flexibility index (Phi) is 4.82. The first-order valence-electron chi connectivity index (χ1n) is 6.16. The molecular weight excluding hydrogens is 258 g/mol. The van der Waals surface area contributed by atoms with Gasteiger partial charge in [0.15, 0.2) is 0 Å². The number of fused-ring (bicyclic) bond motifs is 1. The van der Waals surface area contributed by atoms with Gasteiger partial charge in [0.05, 0.1) is 0 Å². The first-order valence-corrected chi connectivity index (χ1v) is 7.55. The number of esters is 1. The molecule has 0 radical (unpaired) electrons. The van der Waals surface area contributed by atoms with Gasteiger partial charge in [-0.25, -0.2) is 4.79 Å². The van der Waals surface area contributed by atoms with Crippen molar-refractivity contribution in [2.24, 2.45) is 5.73 Å². The fraction of sp³-hybridized carbons (Fsp3) is 0.267. The first-order chi connectivity index (χ1) is 9.22. The van der Waals surface area contributed by atoms with Crippen LogP contribution in [-0.4, -0.2) is 24.0 Å². The highest BCUT2D eigenvalue weighted by Crippen LogP contribution is 2.25. The van der Waals surface area contributed by atoms with Crippen molar-refractivity contribution in [2.45, 2.75) is 12.5 Å². The molecule has 0 aliphatic rings. The number of benzene rings is 2. The summed E-state index contributed by atoms with van der Waals surface area (Å²) in [6.45, 7) is 0. The van der Waals surface area contributed by atoms with Gasteiger partial charge in [0, 0.05) is 5.39 Å². The van der Waals surface area contributed by atoms with Crippen LogP contribution in [0.15, 0.2) is 42.5 Å². The van der Waals surface area contributed by atoms with Crippen LogP contribution in [0.4, 0.5) is 0 Å². The molecular formula is C15H17NO2S. The third-order valence-electron chi connectivity index (χ3n) is 2.90. The van der Waals surface area contributed by atoms with Crippen molar-refractivity contribution in [1.82, 2.24) is 0 Å². The van der Waals surface area contributed by atoms with Gasteiger partial charge in [0.25, 0.3) is 0 Å². The average molecular weight is 275 g/mol. The predicted molar refractivity (Wildman–Crippen MR) is 80.6 cm³/mol. The van der Waals surface area contributed by atoms with E-state index in [1.807, 2.05) is 42.7 Å². The molecule has 0 heterocycles. The Morgan fingerprint density at radius 1 is 1.26 bits per heavy atom. The van der Waals surface area contributed by atoms with Gasteiger partial charge in [-0.1, -0.05) is 36.4 Å². The van der Waals surface area contributed by atoms with E-state index in [-0.39, 0.29) is 5.97 Å². The van der Waals surface area contributed by atoms with E-state index in [1.165, 1.54) is 0 Å².